The molecule has 2 saturated heterocycles. The Kier molecular flexibility index (Phi) is 4.18. The van der Waals surface area contributed by atoms with Crippen molar-refractivity contribution >= 4 is 11.9 Å². The number of hydrogen-bond donors (Lipinski definition) is 0. The van der Waals surface area contributed by atoms with E-state index in [2.05, 4.69) is 21.8 Å². The number of ether oxygens (including phenoxy) is 1. The second-order valence-corrected chi connectivity index (χ2v) is 6.36. The Morgan fingerprint density at radius 3 is 2.73 bits per heavy atom. The summed E-state index contributed by atoms with van der Waals surface area (Å²) in [7, 11) is 1.62. The third-order valence-corrected chi connectivity index (χ3v) is 4.92. The molecule has 1 amide bonds. The van der Waals surface area contributed by atoms with Gasteiger partial charge in [0.15, 0.2) is 5.75 Å². The molecular formula is C16H24N4O2. The average molecular weight is 304 g/mol. The first-order valence-corrected chi connectivity index (χ1v) is 8.04. The van der Waals surface area contributed by atoms with Crippen molar-refractivity contribution in [3.63, 3.8) is 0 Å². The van der Waals surface area contributed by atoms with Crippen molar-refractivity contribution in [3.05, 3.63) is 12.4 Å². The smallest absolute Gasteiger partial charge is 0.225 e. The minimum Gasteiger partial charge on any atom is -0.494 e. The van der Waals surface area contributed by atoms with Crippen molar-refractivity contribution in [3.8, 4) is 5.75 Å². The van der Waals surface area contributed by atoms with Crippen LogP contribution in [0, 0.1) is 5.41 Å². The Morgan fingerprint density at radius 2 is 2.05 bits per heavy atom. The molecule has 120 valence electrons. The van der Waals surface area contributed by atoms with Gasteiger partial charge in [-0.15, -0.1) is 0 Å². The van der Waals surface area contributed by atoms with Gasteiger partial charge >= 0.3 is 0 Å². The third-order valence-electron chi connectivity index (χ3n) is 4.92. The van der Waals surface area contributed by atoms with Crippen LogP contribution in [0.1, 0.15) is 32.6 Å². The number of likely N-dealkylation sites (tertiary alicyclic amines) is 1. The quantitative estimate of drug-likeness (QED) is 0.851. The van der Waals surface area contributed by atoms with E-state index in [-0.39, 0.29) is 5.41 Å². The van der Waals surface area contributed by atoms with E-state index < -0.39 is 0 Å². The van der Waals surface area contributed by atoms with Gasteiger partial charge in [-0.3, -0.25) is 4.79 Å². The number of carbonyl (C=O) groups is 1. The Labute approximate surface area is 131 Å². The van der Waals surface area contributed by atoms with Crippen LogP contribution in [0.3, 0.4) is 0 Å². The van der Waals surface area contributed by atoms with E-state index in [0.29, 0.717) is 18.1 Å². The van der Waals surface area contributed by atoms with E-state index >= 15 is 0 Å². The first-order chi connectivity index (χ1) is 10.7. The first kappa shape index (κ1) is 15.1. The van der Waals surface area contributed by atoms with Crippen molar-refractivity contribution in [1.82, 2.24) is 14.9 Å². The molecule has 2 aliphatic rings. The van der Waals surface area contributed by atoms with Crippen LogP contribution in [0.25, 0.3) is 0 Å². The minimum atomic E-state index is 0.200. The molecule has 3 rings (SSSR count). The topological polar surface area (TPSA) is 58.6 Å². The number of carbonyl (C=O) groups excluding carboxylic acids is 1. The van der Waals surface area contributed by atoms with E-state index in [1.165, 1.54) is 6.42 Å². The Hall–Kier alpha value is -1.85. The maximum Gasteiger partial charge on any atom is 0.225 e. The number of rotatable bonds is 3. The molecule has 22 heavy (non-hydrogen) atoms. The molecule has 6 heteroatoms. The van der Waals surface area contributed by atoms with Gasteiger partial charge in [-0.2, -0.15) is 0 Å². The SMILES string of the molecule is CCN1C[C@]2(CCCN(c3ncc(OC)cn3)C2)CCC1=O. The number of anilines is 1. The summed E-state index contributed by atoms with van der Waals surface area (Å²) in [6, 6.07) is 0. The lowest BCUT2D eigenvalue weighted by Crippen LogP contribution is -2.54. The summed E-state index contributed by atoms with van der Waals surface area (Å²) in [5.74, 6) is 1.74. The first-order valence-electron chi connectivity index (χ1n) is 8.04. The average Bonchev–Trinajstić information content (AvgIpc) is 2.57. The van der Waals surface area contributed by atoms with Crippen LogP contribution in [-0.2, 0) is 4.79 Å². The zero-order chi connectivity index (χ0) is 15.6. The summed E-state index contributed by atoms with van der Waals surface area (Å²) < 4.78 is 5.12. The molecule has 1 aromatic rings. The van der Waals surface area contributed by atoms with Gasteiger partial charge in [0.2, 0.25) is 11.9 Å². The maximum atomic E-state index is 11.9. The molecular weight excluding hydrogens is 280 g/mol. The Bertz CT molecular complexity index is 533. The molecule has 1 spiro atoms. The number of amides is 1. The van der Waals surface area contributed by atoms with Crippen LogP contribution in [-0.4, -0.2) is 54.1 Å². The van der Waals surface area contributed by atoms with Crippen molar-refractivity contribution in [2.24, 2.45) is 5.41 Å². The lowest BCUT2D eigenvalue weighted by molar-refractivity contribution is -0.137. The summed E-state index contributed by atoms with van der Waals surface area (Å²) in [5.41, 5.74) is 0.200. The van der Waals surface area contributed by atoms with Crippen LogP contribution in [0.5, 0.6) is 5.75 Å². The van der Waals surface area contributed by atoms with Crippen molar-refractivity contribution in [2.45, 2.75) is 32.6 Å². The van der Waals surface area contributed by atoms with Crippen LogP contribution >= 0.6 is 0 Å². The van der Waals surface area contributed by atoms with Gasteiger partial charge in [0.1, 0.15) is 0 Å². The van der Waals surface area contributed by atoms with E-state index in [9.17, 15) is 4.79 Å². The molecule has 6 nitrogen and oxygen atoms in total. The summed E-state index contributed by atoms with van der Waals surface area (Å²) in [4.78, 5) is 25.0. The molecule has 2 fully saturated rings. The second-order valence-electron chi connectivity index (χ2n) is 6.36. The molecule has 2 aliphatic heterocycles. The summed E-state index contributed by atoms with van der Waals surface area (Å²) in [6.07, 6.45) is 7.39. The van der Waals surface area contributed by atoms with E-state index in [0.717, 1.165) is 45.0 Å². The van der Waals surface area contributed by atoms with Gasteiger partial charge in [0.25, 0.3) is 0 Å². The van der Waals surface area contributed by atoms with E-state index in [1.807, 2.05) is 4.90 Å². The second kappa shape index (κ2) is 6.10. The molecule has 0 saturated carbocycles. The van der Waals surface area contributed by atoms with Crippen molar-refractivity contribution < 1.29 is 9.53 Å². The Morgan fingerprint density at radius 1 is 1.27 bits per heavy atom. The molecule has 0 radical (unpaired) electrons. The van der Waals surface area contributed by atoms with Crippen LogP contribution in [0.4, 0.5) is 5.95 Å². The number of piperidine rings is 2. The van der Waals surface area contributed by atoms with Crippen LogP contribution < -0.4 is 9.64 Å². The van der Waals surface area contributed by atoms with Crippen LogP contribution in [0.2, 0.25) is 0 Å². The zero-order valence-corrected chi connectivity index (χ0v) is 13.4. The molecule has 0 unspecified atom stereocenters. The van der Waals surface area contributed by atoms with Gasteiger partial charge in [-0.1, -0.05) is 0 Å². The normalized spacial score (nSPS) is 25.6. The predicted octanol–water partition coefficient (Wildman–Crippen LogP) is 1.71. The maximum absolute atomic E-state index is 11.9. The number of methoxy groups -OCH3 is 1. The summed E-state index contributed by atoms with van der Waals surface area (Å²) in [5, 5.41) is 0. The molecule has 3 heterocycles. The standard InChI is InChI=1S/C16H24N4O2/c1-3-19-11-16(7-5-14(19)21)6-4-8-20(12-16)15-17-9-13(22-2)10-18-15/h9-10H,3-8,11-12H2,1-2H3/t16-/m0/s1. The van der Waals surface area contributed by atoms with Gasteiger partial charge < -0.3 is 14.5 Å². The highest BCUT2D eigenvalue weighted by atomic mass is 16.5. The number of hydrogen-bond acceptors (Lipinski definition) is 5. The van der Waals surface area contributed by atoms with Gasteiger partial charge in [0, 0.05) is 38.0 Å². The van der Waals surface area contributed by atoms with Gasteiger partial charge in [-0.05, 0) is 26.2 Å². The molecule has 0 bridgehead atoms. The predicted molar refractivity (Wildman–Crippen MR) is 84.0 cm³/mol. The van der Waals surface area contributed by atoms with Gasteiger partial charge in [-0.25, -0.2) is 9.97 Å². The summed E-state index contributed by atoms with van der Waals surface area (Å²) >= 11 is 0. The minimum absolute atomic E-state index is 0.200. The fourth-order valence-corrected chi connectivity index (χ4v) is 3.68. The lowest BCUT2D eigenvalue weighted by atomic mass is 9.73. The largest absolute Gasteiger partial charge is 0.494 e. The van der Waals surface area contributed by atoms with Crippen LogP contribution in [0.15, 0.2) is 12.4 Å². The van der Waals surface area contributed by atoms with Crippen molar-refractivity contribution in [1.29, 1.82) is 0 Å². The molecule has 1 aromatic heterocycles. The fourth-order valence-electron chi connectivity index (χ4n) is 3.68. The molecule has 1 atom stereocenters. The van der Waals surface area contributed by atoms with Gasteiger partial charge in [0.05, 0.1) is 19.5 Å². The van der Waals surface area contributed by atoms with Crippen molar-refractivity contribution in [2.75, 3.05) is 38.2 Å². The monoisotopic (exact) mass is 304 g/mol. The van der Waals surface area contributed by atoms with E-state index in [1.54, 1.807) is 19.5 Å². The number of aromatic nitrogens is 2. The third kappa shape index (κ3) is 2.87. The van der Waals surface area contributed by atoms with E-state index in [4.69, 9.17) is 4.74 Å². The highest BCUT2D eigenvalue weighted by molar-refractivity contribution is 5.77. The molecule has 0 aromatic carbocycles. The Balaban J connectivity index is 1.74. The fraction of sp³-hybridized carbons (Fsp3) is 0.688. The number of nitrogens with zero attached hydrogens (tertiary/aromatic N) is 4. The highest BCUT2D eigenvalue weighted by Gasteiger charge is 2.41. The highest BCUT2D eigenvalue weighted by Crippen LogP contribution is 2.39. The molecule has 0 aliphatic carbocycles. The summed E-state index contributed by atoms with van der Waals surface area (Å²) in [6.45, 7) is 5.65. The lowest BCUT2D eigenvalue weighted by Gasteiger charge is -2.48. The zero-order valence-electron chi connectivity index (χ0n) is 13.4. The molecule has 0 N–H and O–H groups in total.